The van der Waals surface area contributed by atoms with Crippen LogP contribution in [0.2, 0.25) is 5.02 Å². The minimum atomic E-state index is -0.0601. The molecule has 2 N–H and O–H groups in total. The average molecular weight is 507 g/mol. The van der Waals surface area contributed by atoms with Gasteiger partial charge in [0.2, 0.25) is 5.89 Å². The number of oxazole rings is 1. The van der Waals surface area contributed by atoms with Gasteiger partial charge in [-0.05, 0) is 25.1 Å². The van der Waals surface area contributed by atoms with Crippen LogP contribution in [0.1, 0.15) is 39.3 Å². The summed E-state index contributed by atoms with van der Waals surface area (Å²) in [7, 11) is 0. The molecule has 0 unspecified atom stereocenters. The Labute approximate surface area is 183 Å². The van der Waals surface area contributed by atoms with Crippen LogP contribution >= 0.6 is 35.6 Å². The topological polar surface area (TPSA) is 71.7 Å². The van der Waals surface area contributed by atoms with E-state index in [1.807, 2.05) is 25.1 Å². The molecule has 0 saturated heterocycles. The number of hydrogen-bond acceptors (Lipinski definition) is 4. The van der Waals surface area contributed by atoms with Gasteiger partial charge in [0, 0.05) is 17.0 Å². The van der Waals surface area contributed by atoms with Gasteiger partial charge in [-0.15, -0.1) is 24.0 Å². The molecular weight excluding hydrogens is 479 g/mol. The molecule has 6 nitrogen and oxygen atoms in total. The molecule has 2 rings (SSSR count). The van der Waals surface area contributed by atoms with Crippen LogP contribution in [0.25, 0.3) is 0 Å². The summed E-state index contributed by atoms with van der Waals surface area (Å²) >= 11 is 5.94. The van der Waals surface area contributed by atoms with Gasteiger partial charge in [0.25, 0.3) is 0 Å². The molecule has 2 aromatic rings. The zero-order chi connectivity index (χ0) is 19.0. The standard InChI is InChI=1S/C19H27ClN4O2.HI/c1-5-21-18(22-9-10-25-15-8-6-7-14(20)11-15)24-13-17-23-12-16(26-17)19(2,3)4;/h6-8,11-12H,5,9-10,13H2,1-4H3,(H2,21,22,24);1H. The van der Waals surface area contributed by atoms with Gasteiger partial charge in [0.15, 0.2) is 5.96 Å². The van der Waals surface area contributed by atoms with E-state index in [0.717, 1.165) is 18.1 Å². The summed E-state index contributed by atoms with van der Waals surface area (Å²) in [4.78, 5) is 8.79. The smallest absolute Gasteiger partial charge is 0.216 e. The van der Waals surface area contributed by atoms with Crippen LogP contribution in [0.4, 0.5) is 0 Å². The average Bonchev–Trinajstić information content (AvgIpc) is 3.06. The third-order valence-electron chi connectivity index (χ3n) is 3.47. The van der Waals surface area contributed by atoms with Gasteiger partial charge in [-0.25, -0.2) is 9.98 Å². The number of guanidine groups is 1. The molecule has 0 atom stereocenters. The molecule has 150 valence electrons. The Kier molecular flexibility index (Phi) is 9.93. The van der Waals surface area contributed by atoms with Crippen LogP contribution in [-0.4, -0.2) is 30.6 Å². The van der Waals surface area contributed by atoms with E-state index in [0.29, 0.717) is 36.6 Å². The van der Waals surface area contributed by atoms with Crippen LogP contribution in [-0.2, 0) is 12.0 Å². The van der Waals surface area contributed by atoms with E-state index in [2.05, 4.69) is 41.4 Å². The number of ether oxygens (including phenoxy) is 1. The van der Waals surface area contributed by atoms with Gasteiger partial charge in [0.1, 0.15) is 24.7 Å². The van der Waals surface area contributed by atoms with Crippen molar-refractivity contribution in [1.82, 2.24) is 15.6 Å². The summed E-state index contributed by atoms with van der Waals surface area (Å²) in [5.74, 6) is 2.89. The molecule has 0 amide bonds. The lowest BCUT2D eigenvalue weighted by atomic mass is 9.94. The summed E-state index contributed by atoms with van der Waals surface area (Å²) in [5.41, 5.74) is -0.0601. The fourth-order valence-corrected chi connectivity index (χ4v) is 2.29. The first kappa shape index (κ1) is 23.6. The highest BCUT2D eigenvalue weighted by Gasteiger charge is 2.18. The van der Waals surface area contributed by atoms with Crippen molar-refractivity contribution in [2.45, 2.75) is 39.7 Å². The first-order valence-electron chi connectivity index (χ1n) is 8.74. The van der Waals surface area contributed by atoms with Crippen molar-refractivity contribution in [3.05, 3.63) is 47.1 Å². The second-order valence-corrected chi connectivity index (χ2v) is 7.23. The van der Waals surface area contributed by atoms with Crippen molar-refractivity contribution in [3.63, 3.8) is 0 Å². The number of rotatable bonds is 7. The number of hydrogen-bond donors (Lipinski definition) is 2. The Morgan fingerprint density at radius 3 is 2.70 bits per heavy atom. The second-order valence-electron chi connectivity index (χ2n) is 6.80. The summed E-state index contributed by atoms with van der Waals surface area (Å²) < 4.78 is 11.4. The molecule has 27 heavy (non-hydrogen) atoms. The number of benzene rings is 1. The molecule has 0 aliphatic carbocycles. The lowest BCUT2D eigenvalue weighted by Crippen LogP contribution is -2.39. The Morgan fingerprint density at radius 1 is 1.30 bits per heavy atom. The highest BCUT2D eigenvalue weighted by atomic mass is 127. The fraction of sp³-hybridized carbons (Fsp3) is 0.474. The number of aliphatic imine (C=N–C) groups is 1. The maximum absolute atomic E-state index is 5.94. The van der Waals surface area contributed by atoms with E-state index in [1.165, 1.54) is 0 Å². The van der Waals surface area contributed by atoms with Crippen molar-refractivity contribution >= 4 is 41.5 Å². The third kappa shape index (κ3) is 8.38. The largest absolute Gasteiger partial charge is 0.492 e. The van der Waals surface area contributed by atoms with Gasteiger partial charge in [-0.1, -0.05) is 38.4 Å². The zero-order valence-electron chi connectivity index (χ0n) is 16.2. The number of nitrogens with one attached hydrogen (secondary N) is 2. The van der Waals surface area contributed by atoms with Crippen molar-refractivity contribution in [1.29, 1.82) is 0 Å². The second kappa shape index (κ2) is 11.4. The normalized spacial score (nSPS) is 11.7. The molecule has 1 aromatic carbocycles. The Bertz CT molecular complexity index is 728. The molecular formula is C19H28ClIN4O2. The SMILES string of the molecule is CCNC(=NCc1ncc(C(C)(C)C)o1)NCCOc1cccc(Cl)c1.I. The number of halogens is 2. The maximum atomic E-state index is 5.94. The quantitative estimate of drug-likeness (QED) is 0.252. The summed E-state index contributed by atoms with van der Waals surface area (Å²) in [6.45, 7) is 10.5. The highest BCUT2D eigenvalue weighted by Crippen LogP contribution is 2.22. The van der Waals surface area contributed by atoms with Crippen LogP contribution in [0, 0.1) is 0 Å². The molecule has 0 spiro atoms. The van der Waals surface area contributed by atoms with E-state index >= 15 is 0 Å². The Hall–Kier alpha value is -1.48. The molecule has 0 aliphatic rings. The van der Waals surface area contributed by atoms with E-state index in [1.54, 1.807) is 12.3 Å². The van der Waals surface area contributed by atoms with E-state index < -0.39 is 0 Å². The number of nitrogens with zero attached hydrogens (tertiary/aromatic N) is 2. The Morgan fingerprint density at radius 2 is 2.07 bits per heavy atom. The summed E-state index contributed by atoms with van der Waals surface area (Å²) in [5, 5.41) is 7.07. The van der Waals surface area contributed by atoms with Crippen LogP contribution in [0.5, 0.6) is 5.75 Å². The lowest BCUT2D eigenvalue weighted by molar-refractivity contribution is 0.322. The van der Waals surface area contributed by atoms with E-state index in [-0.39, 0.29) is 29.4 Å². The van der Waals surface area contributed by atoms with Gasteiger partial charge in [0.05, 0.1) is 12.7 Å². The molecule has 8 heteroatoms. The van der Waals surface area contributed by atoms with E-state index in [9.17, 15) is 0 Å². The molecule has 0 saturated carbocycles. The van der Waals surface area contributed by atoms with Gasteiger partial charge in [-0.3, -0.25) is 0 Å². The van der Waals surface area contributed by atoms with Crippen molar-refractivity contribution in [3.8, 4) is 5.75 Å². The predicted octanol–water partition coefficient (Wildman–Crippen LogP) is 4.38. The van der Waals surface area contributed by atoms with Gasteiger partial charge in [-0.2, -0.15) is 0 Å². The molecule has 1 aromatic heterocycles. The lowest BCUT2D eigenvalue weighted by Gasteiger charge is -2.13. The Balaban J connectivity index is 0.00000364. The van der Waals surface area contributed by atoms with Crippen molar-refractivity contribution < 1.29 is 9.15 Å². The summed E-state index contributed by atoms with van der Waals surface area (Å²) in [6, 6.07) is 7.34. The fourth-order valence-electron chi connectivity index (χ4n) is 2.11. The monoisotopic (exact) mass is 506 g/mol. The molecule has 0 fully saturated rings. The minimum Gasteiger partial charge on any atom is -0.492 e. The zero-order valence-corrected chi connectivity index (χ0v) is 19.3. The van der Waals surface area contributed by atoms with E-state index in [4.69, 9.17) is 20.8 Å². The van der Waals surface area contributed by atoms with Gasteiger partial charge >= 0.3 is 0 Å². The minimum absolute atomic E-state index is 0. The van der Waals surface area contributed by atoms with Crippen molar-refractivity contribution in [2.75, 3.05) is 19.7 Å². The maximum Gasteiger partial charge on any atom is 0.216 e. The van der Waals surface area contributed by atoms with Crippen LogP contribution in [0.3, 0.4) is 0 Å². The first-order valence-corrected chi connectivity index (χ1v) is 9.12. The third-order valence-corrected chi connectivity index (χ3v) is 3.70. The van der Waals surface area contributed by atoms with Crippen LogP contribution in [0.15, 0.2) is 39.9 Å². The number of aromatic nitrogens is 1. The van der Waals surface area contributed by atoms with Gasteiger partial charge < -0.3 is 19.8 Å². The molecule has 0 aliphatic heterocycles. The molecule has 1 heterocycles. The first-order chi connectivity index (χ1) is 12.4. The van der Waals surface area contributed by atoms with Crippen molar-refractivity contribution in [2.24, 2.45) is 4.99 Å². The van der Waals surface area contributed by atoms with Crippen LogP contribution < -0.4 is 15.4 Å². The summed E-state index contributed by atoms with van der Waals surface area (Å²) in [6.07, 6.45) is 1.77. The highest BCUT2D eigenvalue weighted by molar-refractivity contribution is 14.0. The molecule has 0 bridgehead atoms. The molecule has 0 radical (unpaired) electrons. The predicted molar refractivity (Wildman–Crippen MR) is 120 cm³/mol.